The molecule has 0 saturated carbocycles. The number of hydrogen-bond donors (Lipinski definition) is 1. The predicted molar refractivity (Wildman–Crippen MR) is 70.6 cm³/mol. The van der Waals surface area contributed by atoms with E-state index >= 15 is 0 Å². The molecular formula is C13H10FN3OS. The Hall–Kier alpha value is -2.13. The Bertz CT molecular complexity index is 706. The molecule has 0 aliphatic rings. The van der Waals surface area contributed by atoms with Gasteiger partial charge < -0.3 is 4.98 Å². The number of halogens is 1. The first-order chi connectivity index (χ1) is 9.13. The highest BCUT2D eigenvalue weighted by molar-refractivity contribution is 7.98. The maximum Gasteiger partial charge on any atom is 0.270 e. The molecule has 0 fully saturated rings. The van der Waals surface area contributed by atoms with Crippen LogP contribution in [0.3, 0.4) is 0 Å². The lowest BCUT2D eigenvalue weighted by Gasteiger charge is -2.04. The highest BCUT2D eigenvalue weighted by atomic mass is 32.2. The first kappa shape index (κ1) is 13.3. The number of nitriles is 1. The second-order valence-electron chi connectivity index (χ2n) is 3.82. The Morgan fingerprint density at radius 3 is 2.95 bits per heavy atom. The fourth-order valence-electron chi connectivity index (χ4n) is 1.67. The van der Waals surface area contributed by atoms with Gasteiger partial charge in [-0.15, -0.1) is 11.8 Å². The van der Waals surface area contributed by atoms with Gasteiger partial charge in [0.1, 0.15) is 28.3 Å². The minimum Gasteiger partial charge on any atom is -0.309 e. The molecule has 0 unspecified atom stereocenters. The molecule has 19 heavy (non-hydrogen) atoms. The van der Waals surface area contributed by atoms with Gasteiger partial charge in [0.25, 0.3) is 5.56 Å². The number of nitrogens with one attached hydrogen (secondary N) is 1. The highest BCUT2D eigenvalue weighted by Crippen LogP contribution is 2.15. The van der Waals surface area contributed by atoms with Gasteiger partial charge in [-0.3, -0.25) is 4.79 Å². The third kappa shape index (κ3) is 3.01. The first-order valence-electron chi connectivity index (χ1n) is 5.45. The topological polar surface area (TPSA) is 69.5 Å². The van der Waals surface area contributed by atoms with E-state index in [1.54, 1.807) is 18.4 Å². The van der Waals surface area contributed by atoms with E-state index in [9.17, 15) is 9.18 Å². The number of H-pyrrole nitrogens is 1. The van der Waals surface area contributed by atoms with Crippen LogP contribution in [0.15, 0.2) is 34.1 Å². The summed E-state index contributed by atoms with van der Waals surface area (Å²) in [6, 6.07) is 7.92. The van der Waals surface area contributed by atoms with E-state index in [1.165, 1.54) is 23.9 Å². The summed E-state index contributed by atoms with van der Waals surface area (Å²) in [7, 11) is 0. The van der Waals surface area contributed by atoms with Gasteiger partial charge in [0.15, 0.2) is 0 Å². The lowest BCUT2D eigenvalue weighted by Crippen LogP contribution is -2.16. The fraction of sp³-hybridized carbons (Fsp3) is 0.154. The van der Waals surface area contributed by atoms with Crippen molar-refractivity contribution in [2.75, 3.05) is 6.26 Å². The molecule has 1 N–H and O–H groups in total. The summed E-state index contributed by atoms with van der Waals surface area (Å²) in [6.45, 7) is 0. The van der Waals surface area contributed by atoms with Gasteiger partial charge in [0.2, 0.25) is 0 Å². The van der Waals surface area contributed by atoms with Crippen molar-refractivity contribution in [3.05, 3.63) is 57.4 Å². The number of benzene rings is 1. The lowest BCUT2D eigenvalue weighted by molar-refractivity contribution is 0.625. The van der Waals surface area contributed by atoms with Crippen molar-refractivity contribution in [2.45, 2.75) is 11.4 Å². The van der Waals surface area contributed by atoms with E-state index in [4.69, 9.17) is 5.26 Å². The van der Waals surface area contributed by atoms with Gasteiger partial charge >= 0.3 is 0 Å². The molecule has 1 heterocycles. The molecule has 1 aromatic heterocycles. The normalized spacial score (nSPS) is 10.2. The minimum absolute atomic E-state index is 0.00972. The van der Waals surface area contributed by atoms with E-state index in [2.05, 4.69) is 9.97 Å². The molecule has 0 bridgehead atoms. The quantitative estimate of drug-likeness (QED) is 0.688. The zero-order valence-electron chi connectivity index (χ0n) is 10.1. The third-order valence-corrected chi connectivity index (χ3v) is 3.18. The molecule has 2 rings (SSSR count). The molecule has 4 nitrogen and oxygen atoms in total. The summed E-state index contributed by atoms with van der Waals surface area (Å²) in [6.07, 6.45) is 2.06. The van der Waals surface area contributed by atoms with Crippen molar-refractivity contribution >= 4 is 11.8 Å². The van der Waals surface area contributed by atoms with E-state index in [1.807, 2.05) is 6.07 Å². The highest BCUT2D eigenvalue weighted by Gasteiger charge is 2.10. The standard InChI is InChI=1S/C13H10FN3OS/c1-19-13-10(7-15)12(18)16-11(17-13)6-8-3-2-4-9(14)5-8/h2-5H,6H2,1H3,(H,16,17,18). The summed E-state index contributed by atoms with van der Waals surface area (Å²) in [5, 5.41) is 9.26. The summed E-state index contributed by atoms with van der Waals surface area (Å²) in [5.41, 5.74) is 0.253. The van der Waals surface area contributed by atoms with Crippen LogP contribution in [0.4, 0.5) is 4.39 Å². The molecule has 2 aromatic rings. The molecule has 1 aromatic carbocycles. The predicted octanol–water partition coefficient (Wildman–Crippen LogP) is 2.09. The van der Waals surface area contributed by atoms with Crippen molar-refractivity contribution in [1.82, 2.24) is 9.97 Å². The Kier molecular flexibility index (Phi) is 3.97. The molecule has 0 amide bonds. The Labute approximate surface area is 113 Å². The summed E-state index contributed by atoms with van der Waals surface area (Å²) in [4.78, 5) is 18.5. The third-order valence-electron chi connectivity index (χ3n) is 2.50. The molecule has 96 valence electrons. The van der Waals surface area contributed by atoms with Gasteiger partial charge in [-0.05, 0) is 24.0 Å². The van der Waals surface area contributed by atoms with Gasteiger partial charge in [0, 0.05) is 6.42 Å². The number of rotatable bonds is 3. The molecule has 0 saturated heterocycles. The summed E-state index contributed by atoms with van der Waals surface area (Å²) >= 11 is 1.23. The second-order valence-corrected chi connectivity index (χ2v) is 4.61. The Morgan fingerprint density at radius 2 is 2.32 bits per heavy atom. The van der Waals surface area contributed by atoms with Crippen LogP contribution in [0.2, 0.25) is 0 Å². The number of thioether (sulfide) groups is 1. The van der Waals surface area contributed by atoms with Crippen LogP contribution in [0, 0.1) is 17.1 Å². The second kappa shape index (κ2) is 5.67. The van der Waals surface area contributed by atoms with E-state index in [0.717, 1.165) is 0 Å². The lowest BCUT2D eigenvalue weighted by atomic mass is 10.1. The number of nitrogens with zero attached hydrogens (tertiary/aromatic N) is 2. The molecule has 0 aliphatic heterocycles. The van der Waals surface area contributed by atoms with Crippen molar-refractivity contribution in [1.29, 1.82) is 5.26 Å². The van der Waals surface area contributed by atoms with Crippen LogP contribution < -0.4 is 5.56 Å². The SMILES string of the molecule is CSc1nc(Cc2cccc(F)c2)[nH]c(=O)c1C#N. The number of hydrogen-bond acceptors (Lipinski definition) is 4. The van der Waals surface area contributed by atoms with Crippen molar-refractivity contribution in [2.24, 2.45) is 0 Å². The van der Waals surface area contributed by atoms with Crippen LogP contribution >= 0.6 is 11.8 Å². The molecule has 6 heteroatoms. The van der Waals surface area contributed by atoms with Crippen molar-refractivity contribution in [3.63, 3.8) is 0 Å². The monoisotopic (exact) mass is 275 g/mol. The van der Waals surface area contributed by atoms with Crippen LogP contribution in [-0.4, -0.2) is 16.2 Å². The van der Waals surface area contributed by atoms with Gasteiger partial charge in [0.05, 0.1) is 0 Å². The molecule has 0 aliphatic carbocycles. The average molecular weight is 275 g/mol. The van der Waals surface area contributed by atoms with Gasteiger partial charge in [-0.2, -0.15) is 5.26 Å². The summed E-state index contributed by atoms with van der Waals surface area (Å²) < 4.78 is 13.1. The van der Waals surface area contributed by atoms with Crippen molar-refractivity contribution < 1.29 is 4.39 Å². The number of aromatic nitrogens is 2. The maximum absolute atomic E-state index is 13.1. The van der Waals surface area contributed by atoms with E-state index < -0.39 is 5.56 Å². The number of aromatic amines is 1. The Balaban J connectivity index is 2.40. The Morgan fingerprint density at radius 1 is 1.53 bits per heavy atom. The van der Waals surface area contributed by atoms with E-state index in [-0.39, 0.29) is 11.4 Å². The fourth-order valence-corrected chi connectivity index (χ4v) is 2.21. The summed E-state index contributed by atoms with van der Waals surface area (Å²) in [5.74, 6) is 0.0810. The minimum atomic E-state index is -0.465. The van der Waals surface area contributed by atoms with Crippen LogP contribution in [0.5, 0.6) is 0 Å². The maximum atomic E-state index is 13.1. The molecule has 0 atom stereocenters. The zero-order chi connectivity index (χ0) is 13.8. The largest absolute Gasteiger partial charge is 0.309 e. The van der Waals surface area contributed by atoms with Crippen LogP contribution in [-0.2, 0) is 6.42 Å². The van der Waals surface area contributed by atoms with E-state index in [0.29, 0.717) is 22.8 Å². The van der Waals surface area contributed by atoms with Crippen LogP contribution in [0.1, 0.15) is 17.0 Å². The molecule has 0 radical (unpaired) electrons. The first-order valence-corrected chi connectivity index (χ1v) is 6.68. The molecule has 0 spiro atoms. The van der Waals surface area contributed by atoms with Gasteiger partial charge in [-0.1, -0.05) is 12.1 Å². The molecular weight excluding hydrogens is 265 g/mol. The van der Waals surface area contributed by atoms with Crippen LogP contribution in [0.25, 0.3) is 0 Å². The average Bonchev–Trinajstić information content (AvgIpc) is 2.38. The van der Waals surface area contributed by atoms with Crippen molar-refractivity contribution in [3.8, 4) is 6.07 Å². The smallest absolute Gasteiger partial charge is 0.270 e. The van der Waals surface area contributed by atoms with Gasteiger partial charge in [-0.25, -0.2) is 9.37 Å². The zero-order valence-corrected chi connectivity index (χ0v) is 10.9.